The van der Waals surface area contributed by atoms with Crippen LogP contribution in [0.3, 0.4) is 0 Å². The molecule has 0 bridgehead atoms. The van der Waals surface area contributed by atoms with Crippen molar-refractivity contribution in [1.82, 2.24) is 14.7 Å². The molecule has 1 aliphatic heterocycles. The molecule has 32 heavy (non-hydrogen) atoms. The maximum Gasteiger partial charge on any atom is 0.254 e. The number of rotatable bonds is 6. The minimum atomic E-state index is -0.367. The van der Waals surface area contributed by atoms with E-state index in [2.05, 4.69) is 4.90 Å². The van der Waals surface area contributed by atoms with Crippen LogP contribution < -0.4 is 0 Å². The first-order valence-electron chi connectivity index (χ1n) is 11.3. The summed E-state index contributed by atoms with van der Waals surface area (Å²) in [6, 6.07) is 13.9. The van der Waals surface area contributed by atoms with Crippen LogP contribution in [0.1, 0.15) is 42.3 Å². The predicted octanol–water partition coefficient (Wildman–Crippen LogP) is 3.97. The third kappa shape index (κ3) is 6.16. The molecule has 1 aliphatic rings. The molecule has 2 amide bonds. The highest BCUT2D eigenvalue weighted by atomic mass is 19.1. The van der Waals surface area contributed by atoms with Gasteiger partial charge in [-0.05, 0) is 36.2 Å². The van der Waals surface area contributed by atoms with Gasteiger partial charge in [0.15, 0.2) is 0 Å². The SMILES string of the molecule is Cc1ccccc1C(=O)N(CCN1CCN(C(=O)C(C)(C)C)CC1)Cc1ccc(F)cc1. The summed E-state index contributed by atoms with van der Waals surface area (Å²) in [5.74, 6) is -0.119. The van der Waals surface area contributed by atoms with Gasteiger partial charge in [0.25, 0.3) is 5.91 Å². The lowest BCUT2D eigenvalue weighted by Gasteiger charge is -2.38. The molecule has 1 heterocycles. The molecule has 172 valence electrons. The highest BCUT2D eigenvalue weighted by molar-refractivity contribution is 5.95. The van der Waals surface area contributed by atoms with E-state index in [-0.39, 0.29) is 23.0 Å². The fourth-order valence-electron chi connectivity index (χ4n) is 3.96. The summed E-state index contributed by atoms with van der Waals surface area (Å²) in [7, 11) is 0. The number of hydrogen-bond acceptors (Lipinski definition) is 3. The van der Waals surface area contributed by atoms with E-state index < -0.39 is 0 Å². The topological polar surface area (TPSA) is 43.9 Å². The van der Waals surface area contributed by atoms with Gasteiger partial charge >= 0.3 is 0 Å². The van der Waals surface area contributed by atoms with E-state index in [0.29, 0.717) is 31.7 Å². The van der Waals surface area contributed by atoms with Crippen molar-refractivity contribution < 1.29 is 14.0 Å². The van der Waals surface area contributed by atoms with Crippen molar-refractivity contribution >= 4 is 11.8 Å². The quantitative estimate of drug-likeness (QED) is 0.684. The second-order valence-electron chi connectivity index (χ2n) is 9.55. The Bertz CT molecular complexity index is 929. The summed E-state index contributed by atoms with van der Waals surface area (Å²) in [5.41, 5.74) is 2.16. The van der Waals surface area contributed by atoms with Crippen molar-refractivity contribution in [3.05, 3.63) is 71.0 Å². The van der Waals surface area contributed by atoms with Crippen LogP contribution in [0.4, 0.5) is 4.39 Å². The first-order chi connectivity index (χ1) is 15.1. The Morgan fingerprint density at radius 1 is 0.969 bits per heavy atom. The Kier molecular flexibility index (Phi) is 7.67. The molecule has 2 aromatic rings. The molecule has 0 spiro atoms. The van der Waals surface area contributed by atoms with Crippen LogP contribution in [0.25, 0.3) is 0 Å². The van der Waals surface area contributed by atoms with E-state index in [0.717, 1.165) is 30.8 Å². The fourth-order valence-corrected chi connectivity index (χ4v) is 3.96. The second kappa shape index (κ2) is 10.3. The van der Waals surface area contributed by atoms with Gasteiger partial charge < -0.3 is 9.80 Å². The predicted molar refractivity (Wildman–Crippen MR) is 125 cm³/mol. The first kappa shape index (κ1) is 23.9. The van der Waals surface area contributed by atoms with Gasteiger partial charge in [-0.25, -0.2) is 4.39 Å². The van der Waals surface area contributed by atoms with Gasteiger partial charge in [-0.2, -0.15) is 0 Å². The number of aryl methyl sites for hydroxylation is 1. The molecule has 0 unspecified atom stereocenters. The minimum absolute atomic E-state index is 0.0195. The lowest BCUT2D eigenvalue weighted by molar-refractivity contribution is -0.141. The molecule has 0 radical (unpaired) electrons. The van der Waals surface area contributed by atoms with Crippen molar-refractivity contribution in [2.75, 3.05) is 39.3 Å². The number of hydrogen-bond donors (Lipinski definition) is 0. The van der Waals surface area contributed by atoms with Crippen LogP contribution in [-0.4, -0.2) is 65.8 Å². The standard InChI is InChI=1S/C26H34FN3O2/c1-20-7-5-6-8-23(20)24(31)30(19-21-9-11-22(27)12-10-21)18-15-28-13-16-29(17-14-28)25(32)26(2,3)4/h5-12H,13-19H2,1-4H3. The largest absolute Gasteiger partial charge is 0.340 e. The zero-order valence-electron chi connectivity index (χ0n) is 19.6. The van der Waals surface area contributed by atoms with Gasteiger partial charge in [-0.3, -0.25) is 14.5 Å². The zero-order valence-corrected chi connectivity index (χ0v) is 19.6. The van der Waals surface area contributed by atoms with Crippen molar-refractivity contribution in [1.29, 1.82) is 0 Å². The third-order valence-electron chi connectivity index (χ3n) is 5.94. The Morgan fingerprint density at radius 2 is 1.59 bits per heavy atom. The van der Waals surface area contributed by atoms with Gasteiger partial charge in [0.05, 0.1) is 0 Å². The minimum Gasteiger partial charge on any atom is -0.340 e. The van der Waals surface area contributed by atoms with E-state index in [1.807, 2.05) is 61.8 Å². The molecule has 0 atom stereocenters. The first-order valence-corrected chi connectivity index (χ1v) is 11.3. The number of amides is 2. The number of nitrogens with zero attached hydrogens (tertiary/aromatic N) is 3. The van der Waals surface area contributed by atoms with Gasteiger partial charge in [-0.1, -0.05) is 51.1 Å². The van der Waals surface area contributed by atoms with Crippen LogP contribution in [0, 0.1) is 18.2 Å². The summed E-state index contributed by atoms with van der Waals surface area (Å²) in [4.78, 5) is 31.9. The van der Waals surface area contributed by atoms with Crippen molar-refractivity contribution in [3.8, 4) is 0 Å². The summed E-state index contributed by atoms with van der Waals surface area (Å²) in [5, 5.41) is 0. The van der Waals surface area contributed by atoms with E-state index in [9.17, 15) is 14.0 Å². The Labute approximate surface area is 190 Å². The molecule has 5 nitrogen and oxygen atoms in total. The lowest BCUT2D eigenvalue weighted by Crippen LogP contribution is -2.52. The molecule has 2 aromatic carbocycles. The Morgan fingerprint density at radius 3 is 2.19 bits per heavy atom. The van der Waals surface area contributed by atoms with E-state index in [4.69, 9.17) is 0 Å². The number of halogens is 1. The number of benzene rings is 2. The van der Waals surface area contributed by atoms with Crippen LogP contribution in [0.5, 0.6) is 0 Å². The fraction of sp³-hybridized carbons (Fsp3) is 0.462. The zero-order chi connectivity index (χ0) is 23.3. The molecular formula is C26H34FN3O2. The lowest BCUT2D eigenvalue weighted by atomic mass is 9.94. The normalized spacial score (nSPS) is 15.0. The smallest absolute Gasteiger partial charge is 0.254 e. The van der Waals surface area contributed by atoms with Gasteiger partial charge in [0, 0.05) is 56.8 Å². The van der Waals surface area contributed by atoms with Crippen molar-refractivity contribution in [3.63, 3.8) is 0 Å². The Hall–Kier alpha value is -2.73. The van der Waals surface area contributed by atoms with Gasteiger partial charge in [0.2, 0.25) is 5.91 Å². The van der Waals surface area contributed by atoms with Crippen molar-refractivity contribution in [2.24, 2.45) is 5.41 Å². The molecule has 3 rings (SSSR count). The van der Waals surface area contributed by atoms with Crippen molar-refractivity contribution in [2.45, 2.75) is 34.2 Å². The average molecular weight is 440 g/mol. The number of piperazine rings is 1. The van der Waals surface area contributed by atoms with Gasteiger partial charge in [-0.15, -0.1) is 0 Å². The summed E-state index contributed by atoms with van der Waals surface area (Å²) in [6.07, 6.45) is 0. The summed E-state index contributed by atoms with van der Waals surface area (Å²) >= 11 is 0. The van der Waals surface area contributed by atoms with Crippen LogP contribution >= 0.6 is 0 Å². The monoisotopic (exact) mass is 439 g/mol. The molecule has 1 fully saturated rings. The highest BCUT2D eigenvalue weighted by Gasteiger charge is 2.30. The second-order valence-corrected chi connectivity index (χ2v) is 9.55. The molecule has 0 aliphatic carbocycles. The highest BCUT2D eigenvalue weighted by Crippen LogP contribution is 2.19. The number of carbonyl (C=O) groups excluding carboxylic acids is 2. The molecular weight excluding hydrogens is 405 g/mol. The van der Waals surface area contributed by atoms with Crippen LogP contribution in [-0.2, 0) is 11.3 Å². The maximum atomic E-state index is 13.3. The van der Waals surface area contributed by atoms with Crippen LogP contribution in [0.15, 0.2) is 48.5 Å². The van der Waals surface area contributed by atoms with E-state index in [1.54, 1.807) is 12.1 Å². The molecule has 6 heteroatoms. The van der Waals surface area contributed by atoms with E-state index in [1.165, 1.54) is 12.1 Å². The number of carbonyl (C=O) groups is 2. The maximum absolute atomic E-state index is 13.3. The Balaban J connectivity index is 1.65. The summed E-state index contributed by atoms with van der Waals surface area (Å²) < 4.78 is 13.3. The molecule has 0 saturated carbocycles. The van der Waals surface area contributed by atoms with Crippen LogP contribution in [0.2, 0.25) is 0 Å². The molecule has 1 saturated heterocycles. The van der Waals surface area contributed by atoms with Gasteiger partial charge in [0.1, 0.15) is 5.82 Å². The average Bonchev–Trinajstić information content (AvgIpc) is 2.77. The molecule has 0 N–H and O–H groups in total. The third-order valence-corrected chi connectivity index (χ3v) is 5.94. The molecule has 0 aromatic heterocycles. The van der Waals surface area contributed by atoms with E-state index >= 15 is 0 Å². The summed E-state index contributed by atoms with van der Waals surface area (Å²) in [6.45, 7) is 12.5.